The Morgan fingerprint density at radius 1 is 1.11 bits per heavy atom. The van der Waals surface area contributed by atoms with Gasteiger partial charge >= 0.3 is 0 Å². The van der Waals surface area contributed by atoms with Crippen LogP contribution in [0.15, 0.2) is 36.5 Å². The van der Waals surface area contributed by atoms with Crippen LogP contribution in [-0.4, -0.2) is 54.1 Å². The quantitative estimate of drug-likeness (QED) is 0.273. The van der Waals surface area contributed by atoms with E-state index in [1.54, 1.807) is 24.6 Å². The maximum Gasteiger partial charge on any atom is 0.273 e. The Kier molecular flexibility index (Phi) is 8.06. The zero-order chi connectivity index (χ0) is 24.0. The number of hydrogen-bond donors (Lipinski definition) is 0. The summed E-state index contributed by atoms with van der Waals surface area (Å²) in [5, 5.41) is 1.76. The molecule has 3 heterocycles. The Morgan fingerprint density at radius 3 is 2.83 bits per heavy atom. The summed E-state index contributed by atoms with van der Waals surface area (Å²) in [6.45, 7) is 4.32. The SMILES string of the molecule is COCCOc1nc2c(s1)CCN(CCC1CCC(CC(=O)c3cccc4ncccc34)CC1)C2. The summed E-state index contributed by atoms with van der Waals surface area (Å²) >= 11 is 1.69. The molecule has 186 valence electrons. The Labute approximate surface area is 211 Å². The summed E-state index contributed by atoms with van der Waals surface area (Å²) in [6, 6.07) is 9.81. The molecule has 2 aliphatic rings. The number of pyridine rings is 1. The molecule has 0 radical (unpaired) electrons. The molecule has 35 heavy (non-hydrogen) atoms. The number of carbonyl (C=O) groups excluding carboxylic acids is 1. The summed E-state index contributed by atoms with van der Waals surface area (Å²) in [7, 11) is 1.68. The fraction of sp³-hybridized carbons (Fsp3) is 0.536. The molecular formula is C28H35N3O3S. The molecule has 0 N–H and O–H groups in total. The number of thiazole rings is 1. The summed E-state index contributed by atoms with van der Waals surface area (Å²) in [5.41, 5.74) is 2.93. The maximum atomic E-state index is 13.1. The summed E-state index contributed by atoms with van der Waals surface area (Å²) in [5.74, 6) is 1.55. The lowest BCUT2D eigenvalue weighted by Gasteiger charge is -2.31. The normalized spacial score (nSPS) is 20.6. The van der Waals surface area contributed by atoms with Crippen molar-refractivity contribution in [3.05, 3.63) is 52.7 Å². The number of Topliss-reactive ketones (excluding diaryl/α,β-unsaturated/α-hetero) is 1. The van der Waals surface area contributed by atoms with Crippen LogP contribution in [0.25, 0.3) is 10.9 Å². The van der Waals surface area contributed by atoms with E-state index in [2.05, 4.69) is 9.88 Å². The largest absolute Gasteiger partial charge is 0.468 e. The Bertz CT molecular complexity index is 1130. The van der Waals surface area contributed by atoms with E-state index in [0.717, 1.165) is 66.5 Å². The van der Waals surface area contributed by atoms with Crippen molar-refractivity contribution in [2.75, 3.05) is 33.4 Å². The van der Waals surface area contributed by atoms with Crippen LogP contribution in [-0.2, 0) is 17.7 Å². The van der Waals surface area contributed by atoms with E-state index in [1.165, 1.54) is 29.8 Å². The lowest BCUT2D eigenvalue weighted by Crippen LogP contribution is -2.32. The number of rotatable bonds is 10. The fourth-order valence-electron chi connectivity index (χ4n) is 5.50. The predicted octanol–water partition coefficient (Wildman–Crippen LogP) is 5.54. The van der Waals surface area contributed by atoms with Crippen molar-refractivity contribution in [2.45, 2.75) is 51.5 Å². The van der Waals surface area contributed by atoms with Gasteiger partial charge in [-0.3, -0.25) is 14.7 Å². The van der Waals surface area contributed by atoms with Gasteiger partial charge in [-0.15, -0.1) is 0 Å². The first kappa shape index (κ1) is 24.3. The molecule has 0 unspecified atom stereocenters. The highest BCUT2D eigenvalue weighted by Gasteiger charge is 2.26. The Balaban J connectivity index is 1.06. The van der Waals surface area contributed by atoms with Crippen LogP contribution in [0, 0.1) is 11.8 Å². The molecule has 2 aromatic heterocycles. The molecule has 0 amide bonds. The van der Waals surface area contributed by atoms with Gasteiger partial charge in [-0.2, -0.15) is 0 Å². The lowest BCUT2D eigenvalue weighted by atomic mass is 9.78. The molecule has 1 aliphatic carbocycles. The van der Waals surface area contributed by atoms with Crippen molar-refractivity contribution in [1.82, 2.24) is 14.9 Å². The topological polar surface area (TPSA) is 64.6 Å². The molecular weight excluding hydrogens is 458 g/mol. The third-order valence-corrected chi connectivity index (χ3v) is 8.61. The highest BCUT2D eigenvalue weighted by atomic mass is 32.1. The molecule has 1 fully saturated rings. The van der Waals surface area contributed by atoms with Crippen LogP contribution in [0.5, 0.6) is 5.19 Å². The van der Waals surface area contributed by atoms with Crippen LogP contribution in [0.4, 0.5) is 0 Å². The van der Waals surface area contributed by atoms with E-state index in [9.17, 15) is 4.79 Å². The van der Waals surface area contributed by atoms with Crippen molar-refractivity contribution >= 4 is 28.0 Å². The van der Waals surface area contributed by atoms with Gasteiger partial charge in [0.15, 0.2) is 5.78 Å². The average Bonchev–Trinajstić information content (AvgIpc) is 3.30. The highest BCUT2D eigenvalue weighted by Crippen LogP contribution is 2.35. The predicted molar refractivity (Wildman–Crippen MR) is 139 cm³/mol. The third kappa shape index (κ3) is 6.08. The van der Waals surface area contributed by atoms with E-state index < -0.39 is 0 Å². The molecule has 1 aromatic carbocycles. The molecule has 5 rings (SSSR count). The molecule has 1 aliphatic heterocycles. The second-order valence-corrected chi connectivity index (χ2v) is 10.9. The standard InChI is InChI=1S/C28H35N3O3S/c1-33-16-17-34-28-30-25-19-31(15-12-27(25)35-28)14-11-20-7-9-21(10-8-20)18-26(32)23-4-2-6-24-22(23)5-3-13-29-24/h2-6,13,20-21H,7-12,14-19H2,1H3. The van der Waals surface area contributed by atoms with E-state index in [4.69, 9.17) is 14.5 Å². The summed E-state index contributed by atoms with van der Waals surface area (Å²) in [6.07, 6.45) is 9.56. The van der Waals surface area contributed by atoms with Crippen LogP contribution < -0.4 is 4.74 Å². The second kappa shape index (κ2) is 11.6. The minimum atomic E-state index is 0.269. The average molecular weight is 494 g/mol. The zero-order valence-electron chi connectivity index (χ0n) is 20.6. The number of ketones is 1. The first-order chi connectivity index (χ1) is 17.2. The van der Waals surface area contributed by atoms with Gasteiger partial charge in [0.25, 0.3) is 5.19 Å². The fourth-order valence-corrected chi connectivity index (χ4v) is 6.43. The number of carbonyl (C=O) groups is 1. The van der Waals surface area contributed by atoms with Gasteiger partial charge in [0.2, 0.25) is 0 Å². The van der Waals surface area contributed by atoms with Gasteiger partial charge in [0.1, 0.15) is 6.61 Å². The summed E-state index contributed by atoms with van der Waals surface area (Å²) < 4.78 is 10.8. The number of benzene rings is 1. The van der Waals surface area contributed by atoms with Gasteiger partial charge in [-0.25, -0.2) is 4.98 Å². The van der Waals surface area contributed by atoms with E-state index in [-0.39, 0.29) is 5.78 Å². The lowest BCUT2D eigenvalue weighted by molar-refractivity contribution is 0.0941. The van der Waals surface area contributed by atoms with Gasteiger partial charge in [-0.1, -0.05) is 42.4 Å². The van der Waals surface area contributed by atoms with Crippen molar-refractivity contribution in [3.63, 3.8) is 0 Å². The molecule has 1 saturated carbocycles. The Hall–Kier alpha value is -2.35. The van der Waals surface area contributed by atoms with Gasteiger partial charge in [0.05, 0.1) is 17.8 Å². The van der Waals surface area contributed by atoms with Crippen LogP contribution >= 0.6 is 11.3 Å². The van der Waals surface area contributed by atoms with Crippen molar-refractivity contribution < 1.29 is 14.3 Å². The van der Waals surface area contributed by atoms with Crippen LogP contribution in [0.3, 0.4) is 0 Å². The molecule has 0 bridgehead atoms. The smallest absolute Gasteiger partial charge is 0.273 e. The van der Waals surface area contributed by atoms with Gasteiger partial charge in [0, 0.05) is 48.6 Å². The minimum absolute atomic E-state index is 0.269. The molecule has 7 heteroatoms. The molecule has 6 nitrogen and oxygen atoms in total. The second-order valence-electron chi connectivity index (χ2n) is 9.90. The first-order valence-corrected chi connectivity index (χ1v) is 13.7. The van der Waals surface area contributed by atoms with Crippen molar-refractivity contribution in [3.8, 4) is 5.19 Å². The molecule has 0 atom stereocenters. The molecule has 0 saturated heterocycles. The number of hydrogen-bond acceptors (Lipinski definition) is 7. The van der Waals surface area contributed by atoms with E-state index >= 15 is 0 Å². The number of aromatic nitrogens is 2. The Morgan fingerprint density at radius 2 is 1.97 bits per heavy atom. The van der Waals surface area contributed by atoms with Gasteiger partial charge < -0.3 is 9.47 Å². The van der Waals surface area contributed by atoms with Crippen LogP contribution in [0.2, 0.25) is 0 Å². The first-order valence-electron chi connectivity index (χ1n) is 12.9. The zero-order valence-corrected chi connectivity index (χ0v) is 21.4. The molecule has 0 spiro atoms. The van der Waals surface area contributed by atoms with Crippen molar-refractivity contribution in [1.29, 1.82) is 0 Å². The van der Waals surface area contributed by atoms with E-state index in [0.29, 0.717) is 25.6 Å². The number of nitrogens with zero attached hydrogens (tertiary/aromatic N) is 3. The monoisotopic (exact) mass is 493 g/mol. The highest BCUT2D eigenvalue weighted by molar-refractivity contribution is 7.13. The van der Waals surface area contributed by atoms with Crippen LogP contribution in [0.1, 0.15) is 59.5 Å². The summed E-state index contributed by atoms with van der Waals surface area (Å²) in [4.78, 5) is 26.1. The molecule has 3 aromatic rings. The maximum absolute atomic E-state index is 13.1. The minimum Gasteiger partial charge on any atom is -0.468 e. The number of ether oxygens (including phenoxy) is 2. The number of methoxy groups -OCH3 is 1. The van der Waals surface area contributed by atoms with Gasteiger partial charge in [-0.05, 0) is 56.2 Å². The van der Waals surface area contributed by atoms with E-state index in [1.807, 2.05) is 30.3 Å². The third-order valence-electron chi connectivity index (χ3n) is 7.54. The number of fused-ring (bicyclic) bond motifs is 2. The van der Waals surface area contributed by atoms with Crippen molar-refractivity contribution in [2.24, 2.45) is 11.8 Å².